The number of nitrogens with two attached hydrogens (primary N) is 1. The van der Waals surface area contributed by atoms with Crippen molar-refractivity contribution in [2.45, 2.75) is 24.0 Å². The molecule has 1 atom stereocenters. The van der Waals surface area contributed by atoms with Gasteiger partial charge in [0.15, 0.2) is 5.76 Å². The quantitative estimate of drug-likeness (QED) is 0.767. The standard InChI is InChI=1S/C19H18N2O4S/c20-26(23,24)18-11-10-17(25-18)19(22)21-12-4-9-16(21)15-8-3-6-13-5-1-2-7-14(13)15/h1-3,5-8,10-11,16H,4,9,12H2,(H2,20,23,24). The number of amides is 1. The van der Waals surface area contributed by atoms with Crippen LogP contribution in [0, 0.1) is 0 Å². The lowest BCUT2D eigenvalue weighted by atomic mass is 9.97. The zero-order valence-corrected chi connectivity index (χ0v) is 14.8. The van der Waals surface area contributed by atoms with E-state index in [0.29, 0.717) is 6.54 Å². The molecular formula is C19H18N2O4S. The Morgan fingerprint density at radius 2 is 1.85 bits per heavy atom. The third kappa shape index (κ3) is 2.89. The maximum atomic E-state index is 12.9. The molecule has 0 radical (unpaired) electrons. The molecule has 134 valence electrons. The Morgan fingerprint density at radius 3 is 2.62 bits per heavy atom. The molecule has 1 aliphatic rings. The second-order valence-electron chi connectivity index (χ2n) is 6.39. The average Bonchev–Trinajstić information content (AvgIpc) is 3.30. The number of hydrogen-bond acceptors (Lipinski definition) is 4. The highest BCUT2D eigenvalue weighted by Crippen LogP contribution is 2.37. The monoisotopic (exact) mass is 370 g/mol. The SMILES string of the molecule is NS(=O)(=O)c1ccc(C(=O)N2CCCC2c2cccc3ccccc23)o1. The zero-order chi connectivity index (χ0) is 18.3. The van der Waals surface area contributed by atoms with E-state index in [-0.39, 0.29) is 17.7 Å². The molecule has 1 fully saturated rings. The fourth-order valence-electron chi connectivity index (χ4n) is 3.60. The first-order valence-electron chi connectivity index (χ1n) is 8.36. The minimum atomic E-state index is -3.97. The molecule has 2 heterocycles. The highest BCUT2D eigenvalue weighted by molar-refractivity contribution is 7.89. The van der Waals surface area contributed by atoms with Gasteiger partial charge in [-0.3, -0.25) is 4.79 Å². The topological polar surface area (TPSA) is 93.6 Å². The Hall–Kier alpha value is -2.64. The molecule has 1 saturated heterocycles. The van der Waals surface area contributed by atoms with E-state index in [1.54, 1.807) is 4.90 Å². The van der Waals surface area contributed by atoms with Gasteiger partial charge in [-0.05, 0) is 41.3 Å². The summed E-state index contributed by atoms with van der Waals surface area (Å²) in [5, 5.41) is 6.90. The van der Waals surface area contributed by atoms with Gasteiger partial charge in [0.25, 0.3) is 15.9 Å². The number of primary sulfonamides is 1. The van der Waals surface area contributed by atoms with Gasteiger partial charge in [0, 0.05) is 6.54 Å². The molecule has 2 N–H and O–H groups in total. The maximum Gasteiger partial charge on any atom is 0.290 e. The number of carbonyl (C=O) groups excluding carboxylic acids is 1. The van der Waals surface area contributed by atoms with Gasteiger partial charge in [-0.25, -0.2) is 13.6 Å². The van der Waals surface area contributed by atoms with Crippen LogP contribution in [0.3, 0.4) is 0 Å². The van der Waals surface area contributed by atoms with Crippen molar-refractivity contribution in [1.29, 1.82) is 0 Å². The van der Waals surface area contributed by atoms with Crippen molar-refractivity contribution in [1.82, 2.24) is 4.90 Å². The van der Waals surface area contributed by atoms with Gasteiger partial charge < -0.3 is 9.32 Å². The Morgan fingerprint density at radius 1 is 1.08 bits per heavy atom. The van der Waals surface area contributed by atoms with Crippen molar-refractivity contribution in [3.8, 4) is 0 Å². The fraction of sp³-hybridized carbons (Fsp3) is 0.211. The molecule has 0 spiro atoms. The van der Waals surface area contributed by atoms with Gasteiger partial charge in [0.05, 0.1) is 6.04 Å². The van der Waals surface area contributed by atoms with Gasteiger partial charge in [0.2, 0.25) is 5.09 Å². The zero-order valence-electron chi connectivity index (χ0n) is 14.0. The van der Waals surface area contributed by atoms with Crippen LogP contribution in [0.25, 0.3) is 10.8 Å². The molecule has 1 aromatic heterocycles. The Balaban J connectivity index is 1.70. The molecule has 7 heteroatoms. The minimum absolute atomic E-state index is 0.0128. The van der Waals surface area contributed by atoms with Crippen LogP contribution in [0.4, 0.5) is 0 Å². The third-order valence-electron chi connectivity index (χ3n) is 4.77. The van der Waals surface area contributed by atoms with Crippen molar-refractivity contribution in [3.05, 3.63) is 65.9 Å². The van der Waals surface area contributed by atoms with E-state index < -0.39 is 15.1 Å². The predicted octanol–water partition coefficient (Wildman–Crippen LogP) is 3.06. The van der Waals surface area contributed by atoms with E-state index in [4.69, 9.17) is 9.56 Å². The van der Waals surface area contributed by atoms with E-state index in [0.717, 1.165) is 29.2 Å². The summed E-state index contributed by atoms with van der Waals surface area (Å²) in [7, 11) is -3.97. The van der Waals surface area contributed by atoms with E-state index in [1.165, 1.54) is 12.1 Å². The molecule has 2 aromatic carbocycles. The summed E-state index contributed by atoms with van der Waals surface area (Å²) in [4.78, 5) is 14.6. The van der Waals surface area contributed by atoms with E-state index in [2.05, 4.69) is 6.07 Å². The number of carbonyl (C=O) groups is 1. The van der Waals surface area contributed by atoms with Crippen LogP contribution in [0.2, 0.25) is 0 Å². The van der Waals surface area contributed by atoms with Crippen LogP contribution in [0.5, 0.6) is 0 Å². The first-order valence-corrected chi connectivity index (χ1v) is 9.91. The van der Waals surface area contributed by atoms with Crippen molar-refractivity contribution < 1.29 is 17.6 Å². The smallest absolute Gasteiger partial charge is 0.290 e. The molecule has 0 bridgehead atoms. The number of likely N-dealkylation sites (tertiary alicyclic amines) is 1. The molecule has 1 aliphatic heterocycles. The van der Waals surface area contributed by atoms with Gasteiger partial charge in [-0.1, -0.05) is 42.5 Å². The van der Waals surface area contributed by atoms with Crippen molar-refractivity contribution in [2.24, 2.45) is 5.14 Å². The minimum Gasteiger partial charge on any atom is -0.438 e. The highest BCUT2D eigenvalue weighted by Gasteiger charge is 2.33. The largest absolute Gasteiger partial charge is 0.438 e. The summed E-state index contributed by atoms with van der Waals surface area (Å²) in [5.41, 5.74) is 1.09. The lowest BCUT2D eigenvalue weighted by Crippen LogP contribution is -2.30. The molecule has 1 amide bonds. The molecular weight excluding hydrogens is 352 g/mol. The first-order chi connectivity index (χ1) is 12.4. The first kappa shape index (κ1) is 16.8. The van der Waals surface area contributed by atoms with E-state index >= 15 is 0 Å². The highest BCUT2D eigenvalue weighted by atomic mass is 32.2. The van der Waals surface area contributed by atoms with Crippen LogP contribution < -0.4 is 5.14 Å². The van der Waals surface area contributed by atoms with Crippen LogP contribution >= 0.6 is 0 Å². The Labute approximate surface area is 151 Å². The second kappa shape index (κ2) is 6.26. The molecule has 6 nitrogen and oxygen atoms in total. The number of fused-ring (bicyclic) bond motifs is 1. The van der Waals surface area contributed by atoms with E-state index in [9.17, 15) is 13.2 Å². The number of hydrogen-bond donors (Lipinski definition) is 1. The normalized spacial score (nSPS) is 17.7. The van der Waals surface area contributed by atoms with Crippen LogP contribution in [0.1, 0.15) is 35.0 Å². The fourth-order valence-corrected chi connectivity index (χ4v) is 4.07. The molecule has 0 saturated carbocycles. The van der Waals surface area contributed by atoms with Gasteiger partial charge in [-0.2, -0.15) is 0 Å². The van der Waals surface area contributed by atoms with Gasteiger partial charge >= 0.3 is 0 Å². The molecule has 4 rings (SSSR count). The summed E-state index contributed by atoms with van der Waals surface area (Å²) in [5.74, 6) is -0.337. The molecule has 1 unspecified atom stereocenters. The number of furan rings is 1. The third-order valence-corrected chi connectivity index (χ3v) is 5.55. The lowest BCUT2D eigenvalue weighted by molar-refractivity contribution is 0.0698. The van der Waals surface area contributed by atoms with Crippen LogP contribution in [-0.4, -0.2) is 25.8 Å². The lowest BCUT2D eigenvalue weighted by Gasteiger charge is -2.25. The second-order valence-corrected chi connectivity index (χ2v) is 7.88. The predicted molar refractivity (Wildman–Crippen MR) is 97.0 cm³/mol. The average molecular weight is 370 g/mol. The number of nitrogens with zero attached hydrogens (tertiary/aromatic N) is 1. The van der Waals surface area contributed by atoms with Crippen molar-refractivity contribution >= 4 is 26.7 Å². The van der Waals surface area contributed by atoms with E-state index in [1.807, 2.05) is 36.4 Å². The maximum absolute atomic E-state index is 12.9. The summed E-state index contributed by atoms with van der Waals surface area (Å²) >= 11 is 0. The summed E-state index contributed by atoms with van der Waals surface area (Å²) < 4.78 is 28.0. The number of benzene rings is 2. The Bertz CT molecular complexity index is 1080. The van der Waals surface area contributed by atoms with Crippen molar-refractivity contribution in [3.63, 3.8) is 0 Å². The van der Waals surface area contributed by atoms with Crippen molar-refractivity contribution in [2.75, 3.05) is 6.54 Å². The molecule has 26 heavy (non-hydrogen) atoms. The van der Waals surface area contributed by atoms with Crippen LogP contribution in [-0.2, 0) is 10.0 Å². The summed E-state index contributed by atoms with van der Waals surface area (Å²) in [6, 6.07) is 16.6. The van der Waals surface area contributed by atoms with Crippen LogP contribution in [0.15, 0.2) is 64.1 Å². The number of rotatable bonds is 3. The molecule has 0 aliphatic carbocycles. The molecule has 3 aromatic rings. The number of sulfonamides is 1. The van der Waals surface area contributed by atoms with Gasteiger partial charge in [0.1, 0.15) is 0 Å². The van der Waals surface area contributed by atoms with Gasteiger partial charge in [-0.15, -0.1) is 0 Å². The summed E-state index contributed by atoms with van der Waals surface area (Å²) in [6.45, 7) is 0.595. The Kier molecular flexibility index (Phi) is 4.05. The summed E-state index contributed by atoms with van der Waals surface area (Å²) in [6.07, 6.45) is 1.73.